The summed E-state index contributed by atoms with van der Waals surface area (Å²) in [4.78, 5) is 18.2. The maximum Gasteiger partial charge on any atom is 0.414 e. The molecule has 3 rings (SSSR count). The molecule has 12 heteroatoms. The molecule has 2 aromatic carbocycles. The number of phenols is 1. The fourth-order valence-corrected chi connectivity index (χ4v) is 2.97. The first-order valence-electron chi connectivity index (χ1n) is 10.5. The number of aliphatic hydroxyl groups is 1. The zero-order valence-corrected chi connectivity index (χ0v) is 19.6. The van der Waals surface area contributed by atoms with Crippen molar-refractivity contribution in [3.8, 4) is 23.0 Å². The topological polar surface area (TPSA) is 175 Å². The SMILES string of the molecule is CC(CCc1ccc(O)cc1)NCC(O)COc1cc(Cl)ccc1-c1nnco1.O=C(O)C(=O)O. The first-order chi connectivity index (χ1) is 16.7. The number of aliphatic hydroxyl groups excluding tert-OH is 1. The van der Waals surface area contributed by atoms with Crippen molar-refractivity contribution in [3.05, 3.63) is 59.4 Å². The van der Waals surface area contributed by atoms with Crippen LogP contribution in [0.2, 0.25) is 5.02 Å². The summed E-state index contributed by atoms with van der Waals surface area (Å²) in [5, 5.41) is 45.8. The lowest BCUT2D eigenvalue weighted by Crippen LogP contribution is -2.36. The van der Waals surface area contributed by atoms with Crippen LogP contribution in [0.5, 0.6) is 11.5 Å². The molecule has 1 heterocycles. The highest BCUT2D eigenvalue weighted by Crippen LogP contribution is 2.31. The second-order valence-electron chi connectivity index (χ2n) is 7.47. The van der Waals surface area contributed by atoms with Crippen LogP contribution >= 0.6 is 11.6 Å². The number of aryl methyl sites for hydroxylation is 1. The molecule has 2 unspecified atom stereocenters. The average Bonchev–Trinajstić information content (AvgIpc) is 3.36. The number of carboxylic acids is 2. The molecule has 5 N–H and O–H groups in total. The molecule has 0 amide bonds. The van der Waals surface area contributed by atoms with Crippen LogP contribution in [0.3, 0.4) is 0 Å². The number of aliphatic carboxylic acids is 2. The van der Waals surface area contributed by atoms with E-state index < -0.39 is 18.0 Å². The average molecular weight is 508 g/mol. The second-order valence-corrected chi connectivity index (χ2v) is 7.91. The van der Waals surface area contributed by atoms with Gasteiger partial charge in [0, 0.05) is 17.6 Å². The molecule has 0 saturated carbocycles. The van der Waals surface area contributed by atoms with E-state index in [9.17, 15) is 10.2 Å². The third-order valence-electron chi connectivity index (χ3n) is 4.65. The molecule has 1 aromatic heterocycles. The Balaban J connectivity index is 0.000000641. The Morgan fingerprint density at radius 3 is 2.43 bits per heavy atom. The number of carboxylic acid groups (broad SMARTS) is 2. The van der Waals surface area contributed by atoms with E-state index >= 15 is 0 Å². The monoisotopic (exact) mass is 507 g/mol. The molecule has 0 saturated heterocycles. The van der Waals surface area contributed by atoms with Gasteiger partial charge in [0.25, 0.3) is 5.89 Å². The van der Waals surface area contributed by atoms with E-state index in [1.807, 2.05) is 12.1 Å². The van der Waals surface area contributed by atoms with Gasteiger partial charge in [0.2, 0.25) is 6.39 Å². The Morgan fingerprint density at radius 1 is 1.14 bits per heavy atom. The Labute approximate surface area is 206 Å². The number of carbonyl (C=O) groups is 2. The Bertz CT molecular complexity index is 1060. The van der Waals surface area contributed by atoms with Crippen LogP contribution in [0.25, 0.3) is 11.5 Å². The number of nitrogens with zero attached hydrogens (tertiary/aromatic N) is 2. The van der Waals surface area contributed by atoms with Gasteiger partial charge in [0.15, 0.2) is 0 Å². The highest BCUT2D eigenvalue weighted by Gasteiger charge is 2.14. The van der Waals surface area contributed by atoms with Crippen LogP contribution in [0.4, 0.5) is 0 Å². The van der Waals surface area contributed by atoms with Crippen molar-refractivity contribution < 1.29 is 39.2 Å². The van der Waals surface area contributed by atoms with E-state index in [4.69, 9.17) is 40.6 Å². The van der Waals surface area contributed by atoms with Crippen molar-refractivity contribution in [2.75, 3.05) is 13.2 Å². The van der Waals surface area contributed by atoms with Gasteiger partial charge in [0.1, 0.15) is 24.2 Å². The smallest absolute Gasteiger partial charge is 0.414 e. The van der Waals surface area contributed by atoms with E-state index in [0.717, 1.165) is 18.4 Å². The van der Waals surface area contributed by atoms with Gasteiger partial charge in [-0.2, -0.15) is 0 Å². The molecule has 0 bridgehead atoms. The van der Waals surface area contributed by atoms with E-state index in [-0.39, 0.29) is 18.4 Å². The third kappa shape index (κ3) is 10.0. The van der Waals surface area contributed by atoms with Crippen LogP contribution < -0.4 is 10.1 Å². The number of hydrogen-bond acceptors (Lipinski definition) is 9. The number of halogens is 1. The predicted octanol–water partition coefficient (Wildman–Crippen LogP) is 2.60. The van der Waals surface area contributed by atoms with Gasteiger partial charge in [0.05, 0.1) is 5.56 Å². The molecule has 0 aliphatic rings. The summed E-state index contributed by atoms with van der Waals surface area (Å²) in [6, 6.07) is 12.5. The van der Waals surface area contributed by atoms with E-state index in [1.54, 1.807) is 30.3 Å². The van der Waals surface area contributed by atoms with Gasteiger partial charge in [-0.25, -0.2) is 9.59 Å². The van der Waals surface area contributed by atoms with Crippen LogP contribution in [0.1, 0.15) is 18.9 Å². The molecule has 0 aliphatic carbocycles. The van der Waals surface area contributed by atoms with Gasteiger partial charge in [-0.05, 0) is 55.7 Å². The largest absolute Gasteiger partial charge is 0.508 e. The number of aromatic hydroxyl groups is 1. The van der Waals surface area contributed by atoms with Crippen molar-refractivity contribution in [2.45, 2.75) is 31.9 Å². The van der Waals surface area contributed by atoms with Crippen LogP contribution in [0.15, 0.2) is 53.3 Å². The van der Waals surface area contributed by atoms with Crippen LogP contribution in [0, 0.1) is 0 Å². The molecule has 2 atom stereocenters. The molecule has 0 aliphatic heterocycles. The molecular weight excluding hydrogens is 482 g/mol. The third-order valence-corrected chi connectivity index (χ3v) is 4.89. The lowest BCUT2D eigenvalue weighted by atomic mass is 10.1. The Kier molecular flexibility index (Phi) is 10.9. The zero-order valence-electron chi connectivity index (χ0n) is 18.8. The molecule has 35 heavy (non-hydrogen) atoms. The second kappa shape index (κ2) is 13.9. The minimum Gasteiger partial charge on any atom is -0.508 e. The number of ether oxygens (including phenoxy) is 1. The molecule has 3 aromatic rings. The lowest BCUT2D eigenvalue weighted by molar-refractivity contribution is -0.159. The van der Waals surface area contributed by atoms with Gasteiger partial charge in [-0.15, -0.1) is 10.2 Å². The van der Waals surface area contributed by atoms with Crippen LogP contribution in [-0.4, -0.2) is 67.9 Å². The normalized spacial score (nSPS) is 12.2. The maximum atomic E-state index is 10.3. The maximum absolute atomic E-state index is 10.3. The van der Waals surface area contributed by atoms with Crippen molar-refractivity contribution in [1.29, 1.82) is 0 Å². The highest BCUT2D eigenvalue weighted by atomic mass is 35.5. The number of aromatic nitrogens is 2. The number of nitrogens with one attached hydrogen (secondary N) is 1. The molecule has 0 spiro atoms. The summed E-state index contributed by atoms with van der Waals surface area (Å²) in [5.41, 5.74) is 1.78. The predicted molar refractivity (Wildman–Crippen MR) is 125 cm³/mol. The molecule has 0 radical (unpaired) electrons. The van der Waals surface area contributed by atoms with E-state index in [1.165, 1.54) is 6.39 Å². The number of phenolic OH excluding ortho intramolecular Hbond substituents is 1. The fraction of sp³-hybridized carbons (Fsp3) is 0.304. The summed E-state index contributed by atoms with van der Waals surface area (Å²) in [6.45, 7) is 2.56. The van der Waals surface area contributed by atoms with Gasteiger partial charge in [-0.3, -0.25) is 0 Å². The standard InChI is InChI=1S/C21H24ClN3O4.C2H2O4/c1-14(2-3-15-4-7-17(26)8-5-15)23-11-18(27)12-28-20-10-16(22)6-9-19(20)21-25-24-13-29-21;3-1(4)2(5)6/h4-10,13-14,18,23,26-27H,2-3,11-12H2,1H3;(H,3,4)(H,5,6). The van der Waals surface area contributed by atoms with Crippen molar-refractivity contribution in [3.63, 3.8) is 0 Å². The van der Waals surface area contributed by atoms with Gasteiger partial charge >= 0.3 is 11.9 Å². The van der Waals surface area contributed by atoms with Gasteiger partial charge in [-0.1, -0.05) is 23.7 Å². The van der Waals surface area contributed by atoms with Gasteiger partial charge < -0.3 is 34.9 Å². The minimum absolute atomic E-state index is 0.0964. The number of rotatable bonds is 10. The molecule has 188 valence electrons. The summed E-state index contributed by atoms with van der Waals surface area (Å²) >= 11 is 6.05. The van der Waals surface area contributed by atoms with Crippen LogP contribution in [-0.2, 0) is 16.0 Å². The summed E-state index contributed by atoms with van der Waals surface area (Å²) in [6.07, 6.45) is 2.34. The minimum atomic E-state index is -1.82. The Morgan fingerprint density at radius 2 is 1.83 bits per heavy atom. The lowest BCUT2D eigenvalue weighted by Gasteiger charge is -2.18. The molecule has 0 fully saturated rings. The van der Waals surface area contributed by atoms with Crippen molar-refractivity contribution in [1.82, 2.24) is 15.5 Å². The summed E-state index contributed by atoms with van der Waals surface area (Å²) in [7, 11) is 0. The first kappa shape index (κ1) is 27.6. The highest BCUT2D eigenvalue weighted by molar-refractivity contribution is 6.30. The Hall–Kier alpha value is -3.67. The number of hydrogen-bond donors (Lipinski definition) is 5. The zero-order chi connectivity index (χ0) is 25.8. The molecular formula is C23H26ClN3O8. The van der Waals surface area contributed by atoms with E-state index in [2.05, 4.69) is 22.4 Å². The van der Waals surface area contributed by atoms with E-state index in [0.29, 0.717) is 28.8 Å². The number of benzene rings is 2. The first-order valence-corrected chi connectivity index (χ1v) is 10.9. The molecule has 11 nitrogen and oxygen atoms in total. The summed E-state index contributed by atoms with van der Waals surface area (Å²) < 4.78 is 11.0. The van der Waals surface area contributed by atoms with Crippen molar-refractivity contribution >= 4 is 23.5 Å². The summed E-state index contributed by atoms with van der Waals surface area (Å²) in [5.74, 6) is -2.58. The van der Waals surface area contributed by atoms with Crippen molar-refractivity contribution in [2.24, 2.45) is 0 Å². The fourth-order valence-electron chi connectivity index (χ4n) is 2.81. The quantitative estimate of drug-likeness (QED) is 0.255.